The fourth-order valence-electron chi connectivity index (χ4n) is 2.12. The summed E-state index contributed by atoms with van der Waals surface area (Å²) in [4.78, 5) is 27.3. The number of nitrogens with zero attached hydrogens (tertiary/aromatic N) is 2. The third-order valence-corrected chi connectivity index (χ3v) is 4.35. The van der Waals surface area contributed by atoms with Gasteiger partial charge in [-0.25, -0.2) is 9.59 Å². The average molecular weight is 333 g/mol. The zero-order chi connectivity index (χ0) is 16.2. The first kappa shape index (κ1) is 15.6. The summed E-state index contributed by atoms with van der Waals surface area (Å²) >= 11 is 1.48. The van der Waals surface area contributed by atoms with Crippen LogP contribution in [0.3, 0.4) is 0 Å². The Balaban J connectivity index is 1.56. The summed E-state index contributed by atoms with van der Waals surface area (Å²) in [5.74, 6) is 0.341. The van der Waals surface area contributed by atoms with Gasteiger partial charge in [0.05, 0.1) is 5.56 Å². The molecule has 1 unspecified atom stereocenters. The number of benzene rings is 1. The van der Waals surface area contributed by atoms with Crippen molar-refractivity contribution in [3.05, 3.63) is 58.6 Å². The standard InChI is InChI=1S/C15H15N3O4S/c16-11-6-7-18(15(20)17-11)12-9-23-13(22-12)8-21-14(19)10-4-2-1-3-5-10/h1-7,12-13H,8-9H2,(H2,16,17,20)/t12?,13-/m0/s1. The highest BCUT2D eigenvalue weighted by molar-refractivity contribution is 8.00. The summed E-state index contributed by atoms with van der Waals surface area (Å²) in [6, 6.07) is 10.3. The number of carbonyl (C=O) groups is 1. The Labute approximate surface area is 136 Å². The lowest BCUT2D eigenvalue weighted by molar-refractivity contribution is -0.0177. The molecule has 0 radical (unpaired) electrons. The highest BCUT2D eigenvalue weighted by Gasteiger charge is 2.29. The van der Waals surface area contributed by atoms with Crippen molar-refractivity contribution < 1.29 is 14.3 Å². The summed E-state index contributed by atoms with van der Waals surface area (Å²) in [5.41, 5.74) is 5.17. The fourth-order valence-corrected chi connectivity index (χ4v) is 3.11. The second kappa shape index (κ2) is 6.84. The molecule has 1 fully saturated rings. The van der Waals surface area contributed by atoms with Gasteiger partial charge in [0.1, 0.15) is 24.1 Å². The van der Waals surface area contributed by atoms with Crippen molar-refractivity contribution in [1.82, 2.24) is 9.55 Å². The number of thioether (sulfide) groups is 1. The van der Waals surface area contributed by atoms with Gasteiger partial charge in [-0.05, 0) is 18.2 Å². The highest BCUT2D eigenvalue weighted by Crippen LogP contribution is 2.31. The van der Waals surface area contributed by atoms with E-state index in [1.54, 1.807) is 30.5 Å². The highest BCUT2D eigenvalue weighted by atomic mass is 32.2. The Morgan fingerprint density at radius 3 is 2.91 bits per heavy atom. The van der Waals surface area contributed by atoms with E-state index in [0.717, 1.165) is 0 Å². The van der Waals surface area contributed by atoms with Crippen LogP contribution in [0.2, 0.25) is 0 Å². The number of hydrogen-bond donors (Lipinski definition) is 1. The van der Waals surface area contributed by atoms with E-state index in [2.05, 4.69) is 4.98 Å². The molecule has 1 aliphatic rings. The van der Waals surface area contributed by atoms with Gasteiger partial charge < -0.3 is 15.2 Å². The minimum atomic E-state index is -0.461. The molecular formula is C15H15N3O4S. The van der Waals surface area contributed by atoms with Crippen molar-refractivity contribution >= 4 is 23.5 Å². The van der Waals surface area contributed by atoms with Crippen LogP contribution >= 0.6 is 11.8 Å². The van der Waals surface area contributed by atoms with E-state index in [1.165, 1.54) is 22.4 Å². The fraction of sp³-hybridized carbons (Fsp3) is 0.267. The van der Waals surface area contributed by atoms with Crippen LogP contribution in [0.4, 0.5) is 5.82 Å². The summed E-state index contributed by atoms with van der Waals surface area (Å²) in [6.45, 7) is 0.117. The Bertz CT molecular complexity index is 750. The largest absolute Gasteiger partial charge is 0.458 e. The molecular weight excluding hydrogens is 318 g/mol. The third kappa shape index (κ3) is 3.72. The van der Waals surface area contributed by atoms with E-state index in [9.17, 15) is 9.59 Å². The molecule has 7 nitrogen and oxygen atoms in total. The van der Waals surface area contributed by atoms with Crippen LogP contribution in [0.15, 0.2) is 47.4 Å². The van der Waals surface area contributed by atoms with Crippen molar-refractivity contribution in [3.8, 4) is 0 Å². The van der Waals surface area contributed by atoms with E-state index in [1.807, 2.05) is 6.07 Å². The van der Waals surface area contributed by atoms with Gasteiger partial charge in [-0.15, -0.1) is 11.8 Å². The Hall–Kier alpha value is -2.32. The minimum absolute atomic E-state index is 0.117. The lowest BCUT2D eigenvalue weighted by Gasteiger charge is -2.14. The van der Waals surface area contributed by atoms with E-state index in [4.69, 9.17) is 15.2 Å². The molecule has 0 aliphatic carbocycles. The number of hydrogen-bond acceptors (Lipinski definition) is 7. The van der Waals surface area contributed by atoms with Crippen molar-refractivity contribution in [3.63, 3.8) is 0 Å². The quantitative estimate of drug-likeness (QED) is 0.842. The predicted octanol–water partition coefficient (Wildman–Crippen LogP) is 1.27. The SMILES string of the molecule is Nc1ccn(C2CS[C@@H](COC(=O)c3ccccc3)O2)c(=O)n1. The smallest absolute Gasteiger partial charge is 0.351 e. The number of esters is 1. The molecule has 1 saturated heterocycles. The van der Waals surface area contributed by atoms with E-state index in [-0.39, 0.29) is 17.9 Å². The van der Waals surface area contributed by atoms with Gasteiger partial charge in [0.2, 0.25) is 0 Å². The first-order valence-electron chi connectivity index (χ1n) is 6.97. The van der Waals surface area contributed by atoms with Crippen LogP contribution in [0.1, 0.15) is 16.6 Å². The molecule has 2 atom stereocenters. The second-order valence-corrected chi connectivity index (χ2v) is 6.05. The molecule has 8 heteroatoms. The van der Waals surface area contributed by atoms with E-state index >= 15 is 0 Å². The third-order valence-electron chi connectivity index (χ3n) is 3.26. The molecule has 1 aromatic heterocycles. The molecule has 0 saturated carbocycles. The zero-order valence-corrected chi connectivity index (χ0v) is 12.9. The van der Waals surface area contributed by atoms with E-state index < -0.39 is 17.9 Å². The first-order chi connectivity index (χ1) is 11.1. The topological polar surface area (TPSA) is 96.4 Å². The molecule has 1 aromatic carbocycles. The van der Waals surface area contributed by atoms with Gasteiger partial charge in [-0.3, -0.25) is 4.57 Å². The van der Waals surface area contributed by atoms with Crippen LogP contribution in [0.5, 0.6) is 0 Å². The van der Waals surface area contributed by atoms with Gasteiger partial charge in [-0.2, -0.15) is 4.98 Å². The van der Waals surface area contributed by atoms with Crippen molar-refractivity contribution in [2.24, 2.45) is 0 Å². The zero-order valence-electron chi connectivity index (χ0n) is 12.1. The maximum Gasteiger partial charge on any atom is 0.351 e. The molecule has 0 bridgehead atoms. The lowest BCUT2D eigenvalue weighted by Crippen LogP contribution is -2.29. The molecule has 2 aromatic rings. The number of rotatable bonds is 4. The number of carbonyl (C=O) groups excluding carboxylic acids is 1. The summed E-state index contributed by atoms with van der Waals surface area (Å²) in [5, 5.41) is 0. The monoisotopic (exact) mass is 333 g/mol. The summed E-state index contributed by atoms with van der Waals surface area (Å²) in [7, 11) is 0. The van der Waals surface area contributed by atoms with Gasteiger partial charge in [0.25, 0.3) is 0 Å². The van der Waals surface area contributed by atoms with Crippen LogP contribution in [0, 0.1) is 0 Å². The summed E-state index contributed by atoms with van der Waals surface area (Å²) < 4.78 is 12.3. The number of nitrogen functional groups attached to an aromatic ring is 1. The Morgan fingerprint density at radius 1 is 1.39 bits per heavy atom. The van der Waals surface area contributed by atoms with E-state index in [0.29, 0.717) is 11.3 Å². The van der Waals surface area contributed by atoms with Gasteiger partial charge in [-0.1, -0.05) is 18.2 Å². The first-order valence-corrected chi connectivity index (χ1v) is 8.02. The van der Waals surface area contributed by atoms with Crippen molar-refractivity contribution in [1.29, 1.82) is 0 Å². The van der Waals surface area contributed by atoms with Crippen LogP contribution in [-0.4, -0.2) is 33.3 Å². The molecule has 3 rings (SSSR count). The maximum atomic E-state index is 11.9. The molecule has 23 heavy (non-hydrogen) atoms. The number of aromatic nitrogens is 2. The maximum absolute atomic E-state index is 11.9. The van der Waals surface area contributed by atoms with Gasteiger partial charge in [0, 0.05) is 11.9 Å². The average Bonchev–Trinajstić information content (AvgIpc) is 3.02. The Kier molecular flexibility index (Phi) is 4.63. The molecule has 2 heterocycles. The Morgan fingerprint density at radius 2 is 2.17 bits per heavy atom. The number of anilines is 1. The lowest BCUT2D eigenvalue weighted by atomic mass is 10.2. The molecule has 120 valence electrons. The molecule has 1 aliphatic heterocycles. The summed E-state index contributed by atoms with van der Waals surface area (Å²) in [6.07, 6.45) is 1.11. The van der Waals surface area contributed by atoms with Gasteiger partial charge in [0.15, 0.2) is 0 Å². The number of nitrogens with two attached hydrogens (primary N) is 1. The number of ether oxygens (including phenoxy) is 2. The molecule has 0 spiro atoms. The van der Waals surface area contributed by atoms with Crippen LogP contribution in [0.25, 0.3) is 0 Å². The minimum Gasteiger partial charge on any atom is -0.458 e. The molecule has 0 amide bonds. The molecule has 2 N–H and O–H groups in total. The van der Waals surface area contributed by atoms with Crippen molar-refractivity contribution in [2.45, 2.75) is 11.7 Å². The predicted molar refractivity (Wildman–Crippen MR) is 86.0 cm³/mol. The van der Waals surface area contributed by atoms with Crippen molar-refractivity contribution in [2.75, 3.05) is 18.1 Å². The van der Waals surface area contributed by atoms with Gasteiger partial charge >= 0.3 is 11.7 Å². The second-order valence-electron chi connectivity index (χ2n) is 4.86. The normalized spacial score (nSPS) is 20.3. The van der Waals surface area contributed by atoms with Crippen LogP contribution in [-0.2, 0) is 9.47 Å². The van der Waals surface area contributed by atoms with Crippen LogP contribution < -0.4 is 11.4 Å².